The summed E-state index contributed by atoms with van der Waals surface area (Å²) in [6, 6.07) is 5.76. The molecular formula is C17H14ClF2N3OS. The summed E-state index contributed by atoms with van der Waals surface area (Å²) >= 11 is 7.30. The zero-order valence-corrected chi connectivity index (χ0v) is 15.0. The first kappa shape index (κ1) is 17.7. The monoisotopic (exact) mass is 381 g/mol. The van der Waals surface area contributed by atoms with Gasteiger partial charge in [0.1, 0.15) is 0 Å². The Kier molecular flexibility index (Phi) is 4.96. The first-order chi connectivity index (χ1) is 11.8. The van der Waals surface area contributed by atoms with Crippen LogP contribution in [0.5, 0.6) is 0 Å². The number of aryl methyl sites for hydroxylation is 2. The third-order valence-corrected chi connectivity index (χ3v) is 4.71. The van der Waals surface area contributed by atoms with E-state index in [1.807, 2.05) is 19.9 Å². The van der Waals surface area contributed by atoms with Crippen molar-refractivity contribution in [1.29, 1.82) is 0 Å². The third-order valence-electron chi connectivity index (χ3n) is 3.54. The minimum absolute atomic E-state index is 0.0778. The number of halogens is 3. The van der Waals surface area contributed by atoms with Crippen LogP contribution in [0.2, 0.25) is 5.02 Å². The second-order valence-corrected chi connectivity index (χ2v) is 6.97. The summed E-state index contributed by atoms with van der Waals surface area (Å²) in [6.07, 6.45) is 0. The molecule has 3 rings (SSSR count). The number of anilines is 1. The van der Waals surface area contributed by atoms with Crippen LogP contribution in [0.15, 0.2) is 29.4 Å². The van der Waals surface area contributed by atoms with Crippen LogP contribution in [0.1, 0.15) is 11.1 Å². The lowest BCUT2D eigenvalue weighted by molar-refractivity contribution is -0.113. The van der Waals surface area contributed by atoms with E-state index in [2.05, 4.69) is 15.3 Å². The molecule has 130 valence electrons. The summed E-state index contributed by atoms with van der Waals surface area (Å²) in [6.45, 7) is 3.79. The Morgan fingerprint density at radius 2 is 1.96 bits per heavy atom. The van der Waals surface area contributed by atoms with Gasteiger partial charge in [0.2, 0.25) is 5.91 Å². The Balaban J connectivity index is 1.68. The molecule has 0 radical (unpaired) electrons. The smallest absolute Gasteiger partial charge is 0.234 e. The largest absolute Gasteiger partial charge is 0.333 e. The van der Waals surface area contributed by atoms with Gasteiger partial charge < -0.3 is 10.3 Å². The molecule has 0 aliphatic heterocycles. The van der Waals surface area contributed by atoms with Crippen molar-refractivity contribution in [3.05, 3.63) is 52.0 Å². The van der Waals surface area contributed by atoms with Crippen molar-refractivity contribution in [3.63, 3.8) is 0 Å². The van der Waals surface area contributed by atoms with Crippen LogP contribution < -0.4 is 5.32 Å². The number of hydrogen-bond acceptors (Lipinski definition) is 3. The number of benzene rings is 2. The summed E-state index contributed by atoms with van der Waals surface area (Å²) < 4.78 is 26.4. The van der Waals surface area contributed by atoms with Gasteiger partial charge in [0.05, 0.1) is 27.5 Å². The Hall–Kier alpha value is -2.12. The Labute approximate surface area is 152 Å². The van der Waals surface area contributed by atoms with Gasteiger partial charge in [-0.3, -0.25) is 4.79 Å². The lowest BCUT2D eigenvalue weighted by Crippen LogP contribution is -2.15. The molecule has 1 heterocycles. The second kappa shape index (κ2) is 7.01. The van der Waals surface area contributed by atoms with Crippen molar-refractivity contribution >= 4 is 46.0 Å². The van der Waals surface area contributed by atoms with Crippen molar-refractivity contribution in [2.75, 3.05) is 11.1 Å². The van der Waals surface area contributed by atoms with Crippen LogP contribution in [0, 0.1) is 25.5 Å². The summed E-state index contributed by atoms with van der Waals surface area (Å²) in [5.41, 5.74) is 3.14. The van der Waals surface area contributed by atoms with Crippen molar-refractivity contribution in [3.8, 4) is 0 Å². The molecule has 0 fully saturated rings. The molecule has 0 spiro atoms. The van der Waals surface area contributed by atoms with Crippen LogP contribution >= 0.6 is 23.4 Å². The van der Waals surface area contributed by atoms with Gasteiger partial charge in [0.15, 0.2) is 16.8 Å². The maximum absolute atomic E-state index is 13.2. The summed E-state index contributed by atoms with van der Waals surface area (Å²) in [4.78, 5) is 19.1. The first-order valence-electron chi connectivity index (χ1n) is 7.37. The number of carbonyl (C=O) groups is 1. The number of aromatic nitrogens is 2. The van der Waals surface area contributed by atoms with E-state index in [4.69, 9.17) is 11.6 Å². The van der Waals surface area contributed by atoms with Gasteiger partial charge in [-0.05, 0) is 31.0 Å². The Morgan fingerprint density at radius 1 is 1.24 bits per heavy atom. The van der Waals surface area contributed by atoms with Crippen LogP contribution in [-0.2, 0) is 4.79 Å². The Bertz CT molecular complexity index is 912. The molecule has 0 atom stereocenters. The van der Waals surface area contributed by atoms with Gasteiger partial charge in [0, 0.05) is 12.1 Å². The van der Waals surface area contributed by atoms with E-state index in [9.17, 15) is 13.6 Å². The molecule has 0 aliphatic rings. The molecule has 0 saturated heterocycles. The first-order valence-corrected chi connectivity index (χ1v) is 8.74. The highest BCUT2D eigenvalue weighted by molar-refractivity contribution is 7.99. The molecule has 25 heavy (non-hydrogen) atoms. The zero-order valence-electron chi connectivity index (χ0n) is 13.4. The van der Waals surface area contributed by atoms with Gasteiger partial charge in [-0.25, -0.2) is 13.8 Å². The summed E-state index contributed by atoms with van der Waals surface area (Å²) in [5, 5.41) is 3.66. The lowest BCUT2D eigenvalue weighted by atomic mass is 10.1. The van der Waals surface area contributed by atoms with Gasteiger partial charge >= 0.3 is 0 Å². The number of amides is 1. The number of nitrogens with zero attached hydrogens (tertiary/aromatic N) is 1. The van der Waals surface area contributed by atoms with E-state index in [1.54, 1.807) is 6.07 Å². The second-order valence-electron chi connectivity index (χ2n) is 5.60. The molecule has 4 nitrogen and oxygen atoms in total. The number of hydrogen-bond donors (Lipinski definition) is 2. The SMILES string of the molecule is Cc1cc(C)c(NC(=O)CSc2nc3cc(F)c(F)cc3[nH]2)c(Cl)c1. The highest BCUT2D eigenvalue weighted by Gasteiger charge is 2.13. The fourth-order valence-electron chi connectivity index (χ4n) is 2.43. The number of thioether (sulfide) groups is 1. The molecule has 3 aromatic rings. The normalized spacial score (nSPS) is 11.1. The lowest BCUT2D eigenvalue weighted by Gasteiger charge is -2.11. The van der Waals surface area contributed by atoms with Crippen molar-refractivity contribution in [1.82, 2.24) is 9.97 Å². The summed E-state index contributed by atoms with van der Waals surface area (Å²) in [5.74, 6) is -2.08. The van der Waals surface area contributed by atoms with Crippen LogP contribution in [0.25, 0.3) is 11.0 Å². The van der Waals surface area contributed by atoms with E-state index in [0.29, 0.717) is 26.9 Å². The average Bonchev–Trinajstić information content (AvgIpc) is 2.91. The fraction of sp³-hybridized carbons (Fsp3) is 0.176. The van der Waals surface area contributed by atoms with Crippen molar-refractivity contribution in [2.24, 2.45) is 0 Å². The number of H-pyrrole nitrogens is 1. The molecular weight excluding hydrogens is 368 g/mol. The fourth-order valence-corrected chi connectivity index (χ4v) is 3.49. The molecule has 0 saturated carbocycles. The number of rotatable bonds is 4. The van der Waals surface area contributed by atoms with Gasteiger partial charge in [-0.15, -0.1) is 0 Å². The zero-order chi connectivity index (χ0) is 18.1. The predicted octanol–water partition coefficient (Wildman–Crippen LogP) is 4.84. The predicted molar refractivity (Wildman–Crippen MR) is 96.3 cm³/mol. The molecule has 0 unspecified atom stereocenters. The summed E-state index contributed by atoms with van der Waals surface area (Å²) in [7, 11) is 0. The van der Waals surface area contributed by atoms with E-state index in [-0.39, 0.29) is 11.7 Å². The quantitative estimate of drug-likeness (QED) is 0.635. The molecule has 8 heteroatoms. The van der Waals surface area contributed by atoms with Crippen LogP contribution in [0.3, 0.4) is 0 Å². The maximum atomic E-state index is 13.2. The van der Waals surface area contributed by atoms with Crippen LogP contribution in [-0.4, -0.2) is 21.6 Å². The molecule has 1 aromatic heterocycles. The highest BCUT2D eigenvalue weighted by Crippen LogP contribution is 2.28. The standard InChI is InChI=1S/C17H14ClF2N3OS/c1-8-3-9(2)16(10(18)4-8)23-15(24)7-25-17-21-13-5-11(19)12(20)6-14(13)22-17/h3-6H,7H2,1-2H3,(H,21,22)(H,23,24). The third kappa shape index (κ3) is 3.93. The molecule has 2 aromatic carbocycles. The maximum Gasteiger partial charge on any atom is 0.234 e. The minimum Gasteiger partial charge on any atom is -0.333 e. The van der Waals surface area contributed by atoms with Crippen LogP contribution in [0.4, 0.5) is 14.5 Å². The number of aromatic amines is 1. The molecule has 1 amide bonds. The van der Waals surface area contributed by atoms with Gasteiger partial charge in [0.25, 0.3) is 0 Å². The minimum atomic E-state index is -0.960. The van der Waals surface area contributed by atoms with Crippen molar-refractivity contribution in [2.45, 2.75) is 19.0 Å². The molecule has 0 aliphatic carbocycles. The topological polar surface area (TPSA) is 57.8 Å². The number of fused-ring (bicyclic) bond motifs is 1. The molecule has 0 bridgehead atoms. The van der Waals surface area contributed by atoms with E-state index in [1.165, 1.54) is 0 Å². The van der Waals surface area contributed by atoms with Crippen molar-refractivity contribution < 1.29 is 13.6 Å². The number of nitrogens with one attached hydrogen (secondary N) is 2. The average molecular weight is 382 g/mol. The van der Waals surface area contributed by atoms with Gasteiger partial charge in [-0.2, -0.15) is 0 Å². The van der Waals surface area contributed by atoms with Gasteiger partial charge in [-0.1, -0.05) is 29.4 Å². The highest BCUT2D eigenvalue weighted by atomic mass is 35.5. The molecule has 2 N–H and O–H groups in total. The van der Waals surface area contributed by atoms with E-state index >= 15 is 0 Å². The van der Waals surface area contributed by atoms with E-state index < -0.39 is 11.6 Å². The van der Waals surface area contributed by atoms with E-state index in [0.717, 1.165) is 35.0 Å². The number of carbonyl (C=O) groups excluding carboxylic acids is 1. The Morgan fingerprint density at radius 3 is 2.68 bits per heavy atom. The number of imidazole rings is 1.